The lowest BCUT2D eigenvalue weighted by atomic mass is 10.0. The van der Waals surface area contributed by atoms with Crippen LogP contribution < -0.4 is 5.32 Å². The molecule has 0 unspecified atom stereocenters. The van der Waals surface area contributed by atoms with Crippen LogP contribution in [0.5, 0.6) is 0 Å². The summed E-state index contributed by atoms with van der Waals surface area (Å²) in [5, 5.41) is 4.20. The summed E-state index contributed by atoms with van der Waals surface area (Å²) in [4.78, 5) is 37.7. The molecule has 0 atom stereocenters. The van der Waals surface area contributed by atoms with Gasteiger partial charge in [0.25, 0.3) is 0 Å². The van der Waals surface area contributed by atoms with Gasteiger partial charge in [0.15, 0.2) is 0 Å². The lowest BCUT2D eigenvalue weighted by molar-refractivity contribution is -0.145. The van der Waals surface area contributed by atoms with Crippen LogP contribution in [0.3, 0.4) is 0 Å². The molecule has 6 heteroatoms. The third-order valence-electron chi connectivity index (χ3n) is 3.57. The molecule has 0 aromatic carbocycles. The van der Waals surface area contributed by atoms with Gasteiger partial charge in [-0.05, 0) is 36.8 Å². The monoisotopic (exact) mass is 264 g/mol. The smallest absolute Gasteiger partial charge is 0.277 e. The second-order valence-corrected chi connectivity index (χ2v) is 5.76. The van der Waals surface area contributed by atoms with Crippen molar-refractivity contribution in [2.24, 2.45) is 5.41 Å². The highest BCUT2D eigenvalue weighted by atomic mass is 32.1. The highest BCUT2D eigenvalue weighted by Gasteiger charge is 2.62. The van der Waals surface area contributed by atoms with Crippen LogP contribution in [-0.4, -0.2) is 22.7 Å². The molecule has 2 heterocycles. The van der Waals surface area contributed by atoms with Crippen molar-refractivity contribution in [2.75, 3.05) is 0 Å². The zero-order valence-corrected chi connectivity index (χ0v) is 10.7. The van der Waals surface area contributed by atoms with Crippen molar-refractivity contribution < 1.29 is 14.4 Å². The molecule has 2 aliphatic rings. The number of nitrogens with zero attached hydrogens (tertiary/aromatic N) is 1. The molecule has 2 fully saturated rings. The molecule has 3 rings (SSSR count). The van der Waals surface area contributed by atoms with E-state index >= 15 is 0 Å². The average Bonchev–Trinajstić information content (AvgIpc) is 3.03. The lowest BCUT2D eigenvalue weighted by Crippen LogP contribution is -2.58. The number of carbonyl (C=O) groups is 3. The van der Waals surface area contributed by atoms with E-state index in [9.17, 15) is 14.4 Å². The van der Waals surface area contributed by atoms with Crippen LogP contribution in [0.1, 0.15) is 23.3 Å². The van der Waals surface area contributed by atoms with Crippen LogP contribution in [0.15, 0.2) is 11.4 Å². The van der Waals surface area contributed by atoms with Crippen molar-refractivity contribution in [3.05, 3.63) is 21.9 Å². The first-order valence-electron chi connectivity index (χ1n) is 5.75. The van der Waals surface area contributed by atoms with Crippen molar-refractivity contribution in [3.8, 4) is 0 Å². The Labute approximate surface area is 108 Å². The van der Waals surface area contributed by atoms with E-state index in [-0.39, 0.29) is 12.5 Å². The lowest BCUT2D eigenvalue weighted by Gasteiger charge is -2.30. The fourth-order valence-electron chi connectivity index (χ4n) is 2.15. The Morgan fingerprint density at radius 1 is 1.39 bits per heavy atom. The van der Waals surface area contributed by atoms with Gasteiger partial charge in [-0.15, -0.1) is 11.3 Å². The minimum Gasteiger partial charge on any atom is -0.277 e. The normalized spacial score (nSPS) is 21.4. The van der Waals surface area contributed by atoms with Gasteiger partial charge in [-0.25, -0.2) is 4.79 Å². The molecule has 1 spiro atoms. The van der Waals surface area contributed by atoms with Crippen LogP contribution in [0.2, 0.25) is 0 Å². The first kappa shape index (κ1) is 11.4. The summed E-state index contributed by atoms with van der Waals surface area (Å²) in [7, 11) is 0. The van der Waals surface area contributed by atoms with Crippen molar-refractivity contribution in [2.45, 2.75) is 26.3 Å². The maximum absolute atomic E-state index is 12.2. The number of aryl methyl sites for hydroxylation is 1. The van der Waals surface area contributed by atoms with Gasteiger partial charge >= 0.3 is 6.03 Å². The van der Waals surface area contributed by atoms with Crippen LogP contribution in [0, 0.1) is 12.3 Å². The van der Waals surface area contributed by atoms with Crippen molar-refractivity contribution in [1.82, 2.24) is 10.2 Å². The predicted octanol–water partition coefficient (Wildman–Crippen LogP) is 1.42. The summed E-state index contributed by atoms with van der Waals surface area (Å²) in [6.45, 7) is 2.19. The zero-order chi connectivity index (χ0) is 12.9. The number of carbonyl (C=O) groups excluding carboxylic acids is 3. The van der Waals surface area contributed by atoms with E-state index in [2.05, 4.69) is 5.32 Å². The van der Waals surface area contributed by atoms with Gasteiger partial charge in [0, 0.05) is 4.88 Å². The molecule has 1 saturated carbocycles. The first-order valence-corrected chi connectivity index (χ1v) is 6.63. The molecule has 18 heavy (non-hydrogen) atoms. The molecule has 1 saturated heterocycles. The topological polar surface area (TPSA) is 66.5 Å². The Hall–Kier alpha value is -1.69. The molecule has 0 bridgehead atoms. The molecule has 1 aliphatic carbocycles. The Balaban J connectivity index is 1.87. The van der Waals surface area contributed by atoms with E-state index in [0.29, 0.717) is 12.8 Å². The third kappa shape index (κ3) is 1.49. The molecule has 0 radical (unpaired) electrons. The van der Waals surface area contributed by atoms with Crippen molar-refractivity contribution >= 4 is 29.2 Å². The van der Waals surface area contributed by atoms with Gasteiger partial charge in [-0.1, -0.05) is 0 Å². The van der Waals surface area contributed by atoms with Gasteiger partial charge in [0.1, 0.15) is 5.41 Å². The number of urea groups is 1. The Morgan fingerprint density at radius 2 is 2.11 bits per heavy atom. The molecule has 1 aromatic heterocycles. The Morgan fingerprint density at radius 3 is 2.67 bits per heavy atom. The predicted molar refractivity (Wildman–Crippen MR) is 64.8 cm³/mol. The summed E-state index contributed by atoms with van der Waals surface area (Å²) in [6.07, 6.45) is 1.09. The minimum atomic E-state index is -0.945. The largest absolute Gasteiger partial charge is 0.331 e. The number of imide groups is 2. The highest BCUT2D eigenvalue weighted by molar-refractivity contribution is 7.10. The average molecular weight is 264 g/mol. The SMILES string of the molecule is Cc1ccsc1CN1C(=O)NC(=O)C2(CC2)C1=O. The van der Waals surface area contributed by atoms with Gasteiger partial charge in [0.05, 0.1) is 6.54 Å². The maximum atomic E-state index is 12.2. The fraction of sp³-hybridized carbons (Fsp3) is 0.417. The standard InChI is InChI=1S/C12H12N2O3S/c1-7-2-5-18-8(7)6-14-10(16)12(3-4-12)9(15)13-11(14)17/h2,5H,3-4,6H2,1H3,(H,13,15,17). The zero-order valence-electron chi connectivity index (χ0n) is 9.86. The van der Waals surface area contributed by atoms with Gasteiger partial charge in [0.2, 0.25) is 11.8 Å². The fourth-order valence-corrected chi connectivity index (χ4v) is 3.05. The quantitative estimate of drug-likeness (QED) is 0.821. The molecule has 1 aliphatic heterocycles. The van der Waals surface area contributed by atoms with Crippen LogP contribution >= 0.6 is 11.3 Å². The van der Waals surface area contributed by atoms with Crippen molar-refractivity contribution in [3.63, 3.8) is 0 Å². The first-order chi connectivity index (χ1) is 8.54. The Bertz CT molecular complexity index is 559. The van der Waals surface area contributed by atoms with Gasteiger partial charge in [-0.3, -0.25) is 19.8 Å². The van der Waals surface area contributed by atoms with E-state index in [1.165, 1.54) is 11.3 Å². The number of thiophene rings is 1. The second-order valence-electron chi connectivity index (χ2n) is 4.76. The minimum absolute atomic E-state index is 0.253. The molecule has 4 amide bonds. The van der Waals surface area contributed by atoms with E-state index in [4.69, 9.17) is 0 Å². The summed E-state index contributed by atoms with van der Waals surface area (Å²) in [5.41, 5.74) is 0.112. The molecule has 5 nitrogen and oxygen atoms in total. The number of rotatable bonds is 2. The summed E-state index contributed by atoms with van der Waals surface area (Å²) >= 11 is 1.51. The number of hydrogen-bond donors (Lipinski definition) is 1. The van der Waals surface area contributed by atoms with Crippen LogP contribution in [0.25, 0.3) is 0 Å². The number of barbiturate groups is 1. The highest BCUT2D eigenvalue weighted by Crippen LogP contribution is 2.49. The molecule has 1 N–H and O–H groups in total. The Kier molecular flexibility index (Phi) is 2.31. The molecule has 1 aromatic rings. The van der Waals surface area contributed by atoms with Crippen molar-refractivity contribution in [1.29, 1.82) is 0 Å². The molecular formula is C12H12N2O3S. The van der Waals surface area contributed by atoms with Crippen LogP contribution in [-0.2, 0) is 16.1 Å². The second kappa shape index (κ2) is 3.65. The summed E-state index contributed by atoms with van der Waals surface area (Å²) in [6, 6.07) is 1.35. The summed E-state index contributed by atoms with van der Waals surface area (Å²) in [5.74, 6) is -0.777. The molecular weight excluding hydrogens is 252 g/mol. The number of hydrogen-bond acceptors (Lipinski definition) is 4. The van der Waals surface area contributed by atoms with Gasteiger partial charge < -0.3 is 0 Å². The van der Waals surface area contributed by atoms with Crippen LogP contribution in [0.4, 0.5) is 4.79 Å². The molecule has 94 valence electrons. The van der Waals surface area contributed by atoms with E-state index < -0.39 is 17.4 Å². The third-order valence-corrected chi connectivity index (χ3v) is 4.58. The number of nitrogens with one attached hydrogen (secondary N) is 1. The number of amides is 4. The van der Waals surface area contributed by atoms with E-state index in [0.717, 1.165) is 15.3 Å². The van der Waals surface area contributed by atoms with Gasteiger partial charge in [-0.2, -0.15) is 0 Å². The van der Waals surface area contributed by atoms with E-state index in [1.807, 2.05) is 18.4 Å². The van der Waals surface area contributed by atoms with E-state index in [1.54, 1.807) is 0 Å². The summed E-state index contributed by atoms with van der Waals surface area (Å²) < 4.78 is 0. The maximum Gasteiger partial charge on any atom is 0.331 e.